The summed E-state index contributed by atoms with van der Waals surface area (Å²) in [5, 5.41) is 7.61. The second-order valence-electron chi connectivity index (χ2n) is 10.5. The highest BCUT2D eigenvalue weighted by Gasteiger charge is 2.32. The van der Waals surface area contributed by atoms with Crippen LogP contribution in [-0.2, 0) is 21.2 Å². The molecule has 210 valence electrons. The number of amides is 1. The molecule has 2 aromatic rings. The van der Waals surface area contributed by atoms with Gasteiger partial charge in [0.25, 0.3) is 0 Å². The van der Waals surface area contributed by atoms with Crippen molar-refractivity contribution in [2.45, 2.75) is 55.4 Å². The molecular weight excluding hydrogens is 514 g/mol. The van der Waals surface area contributed by atoms with E-state index < -0.39 is 16.1 Å². The summed E-state index contributed by atoms with van der Waals surface area (Å²) in [6, 6.07) is 12.8. The number of benzene rings is 2. The zero-order valence-electron chi connectivity index (χ0n) is 22.2. The number of rotatable bonds is 10. The predicted molar refractivity (Wildman–Crippen MR) is 153 cm³/mol. The number of hydrogen-bond donors (Lipinski definition) is 5. The Labute approximate surface area is 230 Å². The van der Waals surface area contributed by atoms with Crippen LogP contribution < -0.4 is 21.9 Å². The molecule has 4 rings (SSSR count). The van der Waals surface area contributed by atoms with E-state index in [-0.39, 0.29) is 29.0 Å². The van der Waals surface area contributed by atoms with Crippen molar-refractivity contribution in [1.29, 1.82) is 5.41 Å². The number of nitrogen functional groups attached to an aromatic ring is 1. The van der Waals surface area contributed by atoms with Gasteiger partial charge in [-0.15, -0.1) is 0 Å². The first-order valence-corrected chi connectivity index (χ1v) is 15.0. The average Bonchev–Trinajstić information content (AvgIpc) is 2.93. The van der Waals surface area contributed by atoms with Crippen LogP contribution in [0.15, 0.2) is 58.4 Å². The Hall–Kier alpha value is -3.28. The standard InChI is InChI=1S/C28H39N7O3S/c29-13-10-19-11-14-35(15-12-19)28(36)25(16-20-4-6-21(7-5-20)27(31)32)34-39(37,38)24-3-1-2-22(17-24)23-8-9-26(30)33-18-23/h1-7,17,19,23,25,34H,8-16,18,29H2,(H2,30,33)(H3,31,32)/t23?,25-/m0/s1. The van der Waals surface area contributed by atoms with E-state index in [0.29, 0.717) is 49.9 Å². The maximum Gasteiger partial charge on any atom is 0.241 e. The van der Waals surface area contributed by atoms with Crippen LogP contribution in [0.3, 0.4) is 0 Å². The molecule has 8 N–H and O–H groups in total. The van der Waals surface area contributed by atoms with Crippen molar-refractivity contribution in [3.05, 3.63) is 65.2 Å². The first-order chi connectivity index (χ1) is 18.7. The van der Waals surface area contributed by atoms with Crippen LogP contribution in [-0.4, -0.2) is 63.1 Å². The number of amidine groups is 2. The number of hydrogen-bond acceptors (Lipinski definition) is 7. The van der Waals surface area contributed by atoms with Gasteiger partial charge in [0.1, 0.15) is 11.9 Å². The molecule has 1 unspecified atom stereocenters. The molecule has 2 heterocycles. The molecule has 0 spiro atoms. The normalized spacial score (nSPS) is 19.4. The molecule has 2 aromatic carbocycles. The van der Waals surface area contributed by atoms with E-state index in [9.17, 15) is 13.2 Å². The number of nitrogens with two attached hydrogens (primary N) is 3. The van der Waals surface area contributed by atoms with E-state index in [2.05, 4.69) is 9.71 Å². The second kappa shape index (κ2) is 12.7. The molecule has 0 aromatic heterocycles. The fraction of sp³-hybridized carbons (Fsp3) is 0.464. The van der Waals surface area contributed by atoms with Gasteiger partial charge in [0.15, 0.2) is 0 Å². The molecular formula is C28H39N7O3S. The van der Waals surface area contributed by atoms with Gasteiger partial charge in [-0.3, -0.25) is 15.2 Å². The summed E-state index contributed by atoms with van der Waals surface area (Å²) in [5.74, 6) is 0.909. The minimum absolute atomic E-state index is 0.0542. The lowest BCUT2D eigenvalue weighted by Crippen LogP contribution is -2.51. The van der Waals surface area contributed by atoms with Crippen LogP contribution in [0, 0.1) is 11.3 Å². The van der Waals surface area contributed by atoms with Gasteiger partial charge in [-0.2, -0.15) is 4.72 Å². The van der Waals surface area contributed by atoms with Crippen molar-refractivity contribution in [1.82, 2.24) is 9.62 Å². The van der Waals surface area contributed by atoms with E-state index in [4.69, 9.17) is 22.6 Å². The summed E-state index contributed by atoms with van der Waals surface area (Å²) in [6.45, 7) is 2.30. The molecule has 2 aliphatic rings. The highest BCUT2D eigenvalue weighted by atomic mass is 32.2. The fourth-order valence-corrected chi connectivity index (χ4v) is 6.56. The number of nitrogens with zero attached hydrogens (tertiary/aromatic N) is 2. The topological polar surface area (TPSA) is 181 Å². The van der Waals surface area contributed by atoms with Gasteiger partial charge in [0.2, 0.25) is 15.9 Å². The van der Waals surface area contributed by atoms with Crippen LogP contribution in [0.2, 0.25) is 0 Å². The SMILES string of the molecule is N=C(N)c1ccc(C[C@H](NS(=O)(=O)c2cccc(C3CCC(N)=NC3)c2)C(=O)N2CCC(CCN)CC2)cc1. The molecule has 2 atom stereocenters. The number of carbonyl (C=O) groups is 1. The van der Waals surface area contributed by atoms with E-state index in [1.54, 1.807) is 47.4 Å². The number of aliphatic imine (C=N–C) groups is 1. The van der Waals surface area contributed by atoms with Crippen molar-refractivity contribution in [3.8, 4) is 0 Å². The highest BCUT2D eigenvalue weighted by Crippen LogP contribution is 2.27. The number of piperidine rings is 1. The first-order valence-electron chi connectivity index (χ1n) is 13.5. The third-order valence-electron chi connectivity index (χ3n) is 7.70. The van der Waals surface area contributed by atoms with Crippen molar-refractivity contribution in [2.75, 3.05) is 26.2 Å². The molecule has 1 amide bonds. The van der Waals surface area contributed by atoms with E-state index in [0.717, 1.165) is 36.8 Å². The van der Waals surface area contributed by atoms with E-state index in [1.807, 2.05) is 6.07 Å². The van der Waals surface area contributed by atoms with Crippen LogP contribution in [0.4, 0.5) is 0 Å². The molecule has 0 saturated carbocycles. The molecule has 0 radical (unpaired) electrons. The third kappa shape index (κ3) is 7.43. The summed E-state index contributed by atoms with van der Waals surface area (Å²) < 4.78 is 29.9. The van der Waals surface area contributed by atoms with Crippen LogP contribution in [0.25, 0.3) is 0 Å². The Morgan fingerprint density at radius 3 is 2.46 bits per heavy atom. The maximum atomic E-state index is 13.7. The zero-order valence-corrected chi connectivity index (χ0v) is 23.0. The predicted octanol–water partition coefficient (Wildman–Crippen LogP) is 1.68. The molecule has 0 bridgehead atoms. The minimum Gasteiger partial charge on any atom is -0.387 e. The summed E-state index contributed by atoms with van der Waals surface area (Å²) >= 11 is 0. The van der Waals surface area contributed by atoms with Crippen molar-refractivity contribution < 1.29 is 13.2 Å². The van der Waals surface area contributed by atoms with Crippen LogP contribution in [0.1, 0.15) is 54.7 Å². The summed E-state index contributed by atoms with van der Waals surface area (Å²) in [7, 11) is -4.00. The maximum absolute atomic E-state index is 13.7. The second-order valence-corrected chi connectivity index (χ2v) is 12.2. The number of likely N-dealkylation sites (tertiary alicyclic amines) is 1. The number of sulfonamides is 1. The number of nitrogens with one attached hydrogen (secondary N) is 2. The molecule has 0 aliphatic carbocycles. The molecule has 1 fully saturated rings. The van der Waals surface area contributed by atoms with Gasteiger partial charge in [-0.05, 0) is 67.8 Å². The summed E-state index contributed by atoms with van der Waals surface area (Å²) in [5.41, 5.74) is 19.3. The van der Waals surface area contributed by atoms with E-state index >= 15 is 0 Å². The summed E-state index contributed by atoms with van der Waals surface area (Å²) in [6.07, 6.45) is 4.30. The quantitative estimate of drug-likeness (QED) is 0.220. The monoisotopic (exact) mass is 553 g/mol. The lowest BCUT2D eigenvalue weighted by molar-refractivity contribution is -0.134. The van der Waals surface area contributed by atoms with Gasteiger partial charge in [0, 0.05) is 37.5 Å². The Bertz CT molecular complexity index is 1300. The van der Waals surface area contributed by atoms with Crippen molar-refractivity contribution in [3.63, 3.8) is 0 Å². The van der Waals surface area contributed by atoms with E-state index in [1.165, 1.54) is 0 Å². The summed E-state index contributed by atoms with van der Waals surface area (Å²) in [4.78, 5) is 19.9. The van der Waals surface area contributed by atoms with Gasteiger partial charge >= 0.3 is 0 Å². The van der Waals surface area contributed by atoms with Gasteiger partial charge in [0.05, 0.1) is 10.7 Å². The number of carbonyl (C=O) groups excluding carboxylic acids is 1. The first kappa shape index (κ1) is 28.7. The molecule has 39 heavy (non-hydrogen) atoms. The zero-order chi connectivity index (χ0) is 28.0. The third-order valence-corrected chi connectivity index (χ3v) is 9.17. The molecule has 2 aliphatic heterocycles. The molecule has 11 heteroatoms. The Kier molecular flexibility index (Phi) is 9.36. The largest absolute Gasteiger partial charge is 0.387 e. The van der Waals surface area contributed by atoms with Crippen molar-refractivity contribution >= 4 is 27.6 Å². The molecule has 1 saturated heterocycles. The molecule has 10 nitrogen and oxygen atoms in total. The lowest BCUT2D eigenvalue weighted by atomic mass is 9.92. The Morgan fingerprint density at radius 1 is 1.13 bits per heavy atom. The average molecular weight is 554 g/mol. The highest BCUT2D eigenvalue weighted by molar-refractivity contribution is 7.89. The Morgan fingerprint density at radius 2 is 1.85 bits per heavy atom. The minimum atomic E-state index is -4.00. The van der Waals surface area contributed by atoms with Crippen LogP contribution >= 0.6 is 0 Å². The smallest absolute Gasteiger partial charge is 0.241 e. The van der Waals surface area contributed by atoms with Crippen molar-refractivity contribution in [2.24, 2.45) is 28.1 Å². The van der Waals surface area contributed by atoms with Gasteiger partial charge in [-0.25, -0.2) is 8.42 Å². The fourth-order valence-electron chi connectivity index (χ4n) is 5.32. The lowest BCUT2D eigenvalue weighted by Gasteiger charge is -2.34. The van der Waals surface area contributed by atoms with Gasteiger partial charge < -0.3 is 22.1 Å². The van der Waals surface area contributed by atoms with Gasteiger partial charge in [-0.1, -0.05) is 36.4 Å². The Balaban J connectivity index is 1.55. The van der Waals surface area contributed by atoms with Crippen LogP contribution in [0.5, 0.6) is 0 Å².